The number of hydrogen-bond acceptors (Lipinski definition) is 4. The van der Waals surface area contributed by atoms with Crippen LogP contribution in [0.2, 0.25) is 0 Å². The second kappa shape index (κ2) is 5.10. The molecule has 124 valence electrons. The minimum Gasteiger partial charge on any atom is -0.494 e. The Morgan fingerprint density at radius 1 is 1.17 bits per heavy atom. The molecule has 1 atom stereocenters. The van der Waals surface area contributed by atoms with Crippen molar-refractivity contribution in [3.8, 4) is 5.88 Å². The number of aromatic nitrogens is 3. The van der Waals surface area contributed by atoms with Gasteiger partial charge in [-0.3, -0.25) is 13.9 Å². The molecule has 7 nitrogen and oxygen atoms in total. The van der Waals surface area contributed by atoms with E-state index in [2.05, 4.69) is 10.3 Å². The zero-order valence-corrected chi connectivity index (χ0v) is 13.5. The van der Waals surface area contributed by atoms with E-state index in [4.69, 9.17) is 0 Å². The summed E-state index contributed by atoms with van der Waals surface area (Å²) in [7, 11) is 2.87. The quantitative estimate of drug-likeness (QED) is 0.607. The lowest BCUT2D eigenvalue weighted by molar-refractivity contribution is 0.391. The fraction of sp³-hybridized carbons (Fsp3) is 0.294. The van der Waals surface area contributed by atoms with E-state index in [0.29, 0.717) is 6.54 Å². The van der Waals surface area contributed by atoms with Crippen LogP contribution in [0.25, 0.3) is 10.9 Å². The van der Waals surface area contributed by atoms with Crippen LogP contribution in [-0.2, 0) is 20.5 Å². The second-order valence-corrected chi connectivity index (χ2v) is 6.14. The van der Waals surface area contributed by atoms with Crippen molar-refractivity contribution in [3.63, 3.8) is 0 Å². The van der Waals surface area contributed by atoms with Gasteiger partial charge < -0.3 is 15.4 Å². The molecule has 7 heteroatoms. The highest BCUT2D eigenvalue weighted by atomic mass is 16.3. The molecule has 0 aliphatic carbocycles. The van der Waals surface area contributed by atoms with Crippen molar-refractivity contribution in [2.24, 2.45) is 14.1 Å². The molecule has 0 spiro atoms. The molecule has 3 heterocycles. The lowest BCUT2D eigenvalue weighted by Crippen LogP contribution is -2.42. The Morgan fingerprint density at radius 2 is 1.92 bits per heavy atom. The minimum atomic E-state index is -0.547. The molecule has 0 radical (unpaired) electrons. The van der Waals surface area contributed by atoms with E-state index in [1.807, 2.05) is 24.3 Å². The first-order valence-corrected chi connectivity index (χ1v) is 7.82. The molecule has 3 aromatic rings. The van der Waals surface area contributed by atoms with E-state index in [1.165, 1.54) is 14.1 Å². The zero-order valence-electron chi connectivity index (χ0n) is 13.5. The van der Waals surface area contributed by atoms with Crippen molar-refractivity contribution in [1.29, 1.82) is 0 Å². The highest BCUT2D eigenvalue weighted by Gasteiger charge is 2.31. The van der Waals surface area contributed by atoms with Gasteiger partial charge in [-0.2, -0.15) is 0 Å². The van der Waals surface area contributed by atoms with Crippen molar-refractivity contribution in [2.45, 2.75) is 12.5 Å². The molecule has 24 heavy (non-hydrogen) atoms. The summed E-state index contributed by atoms with van der Waals surface area (Å²) in [6, 6.07) is 7.49. The number of H-pyrrole nitrogens is 1. The van der Waals surface area contributed by atoms with Crippen LogP contribution in [0.15, 0.2) is 33.9 Å². The molecular formula is C17H18N4O3. The number of nitrogens with one attached hydrogen (secondary N) is 2. The summed E-state index contributed by atoms with van der Waals surface area (Å²) in [5.74, 6) is -0.299. The fourth-order valence-electron chi connectivity index (χ4n) is 3.54. The Bertz CT molecular complexity index is 1070. The molecule has 1 aromatic carbocycles. The van der Waals surface area contributed by atoms with Gasteiger partial charge in [0.25, 0.3) is 5.56 Å². The number of para-hydroxylation sites is 1. The number of fused-ring (bicyclic) bond motifs is 3. The Hall–Kier alpha value is -2.80. The SMILES string of the molecule is Cn1c(O)c([C@H]2NCCc3c2[nH]c2ccccc32)c(=O)n(C)c1=O. The van der Waals surface area contributed by atoms with E-state index in [0.717, 1.165) is 37.7 Å². The van der Waals surface area contributed by atoms with Crippen LogP contribution in [0.4, 0.5) is 0 Å². The van der Waals surface area contributed by atoms with Crippen LogP contribution in [0, 0.1) is 0 Å². The normalized spacial score (nSPS) is 17.2. The van der Waals surface area contributed by atoms with Crippen LogP contribution in [0.3, 0.4) is 0 Å². The van der Waals surface area contributed by atoms with E-state index in [-0.39, 0.29) is 11.4 Å². The third kappa shape index (κ3) is 1.88. The van der Waals surface area contributed by atoms with Crippen LogP contribution >= 0.6 is 0 Å². The van der Waals surface area contributed by atoms with Crippen molar-refractivity contribution in [2.75, 3.05) is 6.54 Å². The topological polar surface area (TPSA) is 92.0 Å². The van der Waals surface area contributed by atoms with Crippen LogP contribution in [0.1, 0.15) is 22.9 Å². The van der Waals surface area contributed by atoms with E-state index < -0.39 is 17.3 Å². The molecule has 0 amide bonds. The first-order valence-electron chi connectivity index (χ1n) is 7.82. The first-order chi connectivity index (χ1) is 11.5. The maximum absolute atomic E-state index is 12.6. The van der Waals surface area contributed by atoms with Gasteiger partial charge in [-0.1, -0.05) is 18.2 Å². The smallest absolute Gasteiger partial charge is 0.333 e. The van der Waals surface area contributed by atoms with Gasteiger partial charge in [0, 0.05) is 37.2 Å². The van der Waals surface area contributed by atoms with Gasteiger partial charge in [-0.05, 0) is 18.1 Å². The summed E-state index contributed by atoms with van der Waals surface area (Å²) in [6.07, 6.45) is 0.836. The van der Waals surface area contributed by atoms with Crippen molar-refractivity contribution >= 4 is 10.9 Å². The lowest BCUT2D eigenvalue weighted by Gasteiger charge is -2.25. The third-order valence-corrected chi connectivity index (χ3v) is 4.81. The molecule has 2 aromatic heterocycles. The highest BCUT2D eigenvalue weighted by Crippen LogP contribution is 2.34. The first kappa shape index (κ1) is 14.8. The molecule has 0 fully saturated rings. The molecule has 0 saturated heterocycles. The standard InChI is InChI=1S/C17H18N4O3/c1-20-15(22)12(16(23)21(2)17(20)24)14-13-10(7-8-18-14)9-5-3-4-6-11(9)19-13/h3-6,14,18-19,22H,7-8H2,1-2H3/t14-/m1/s1. The van der Waals surface area contributed by atoms with Crippen molar-refractivity contribution < 1.29 is 5.11 Å². The molecule has 1 aliphatic rings. The minimum absolute atomic E-state index is 0.187. The fourth-order valence-corrected chi connectivity index (χ4v) is 3.54. The maximum Gasteiger partial charge on any atom is 0.333 e. The molecule has 3 N–H and O–H groups in total. The molecular weight excluding hydrogens is 308 g/mol. The summed E-state index contributed by atoms with van der Waals surface area (Å²) in [6.45, 7) is 0.685. The van der Waals surface area contributed by atoms with Gasteiger partial charge in [0.05, 0.1) is 6.04 Å². The van der Waals surface area contributed by atoms with E-state index >= 15 is 0 Å². The van der Waals surface area contributed by atoms with Crippen LogP contribution in [-0.4, -0.2) is 25.8 Å². The molecule has 1 aliphatic heterocycles. The summed E-state index contributed by atoms with van der Waals surface area (Å²) in [4.78, 5) is 28.0. The van der Waals surface area contributed by atoms with Crippen LogP contribution < -0.4 is 16.6 Å². The lowest BCUT2D eigenvalue weighted by atomic mass is 9.95. The monoisotopic (exact) mass is 326 g/mol. The molecule has 0 saturated carbocycles. The zero-order chi connectivity index (χ0) is 17.0. The average Bonchev–Trinajstić information content (AvgIpc) is 2.98. The number of rotatable bonds is 1. The summed E-state index contributed by atoms with van der Waals surface area (Å²) >= 11 is 0. The number of hydrogen-bond donors (Lipinski definition) is 3. The van der Waals surface area contributed by atoms with Gasteiger partial charge >= 0.3 is 5.69 Å². The van der Waals surface area contributed by atoms with Gasteiger partial charge in [0.2, 0.25) is 5.88 Å². The van der Waals surface area contributed by atoms with Crippen molar-refractivity contribution in [3.05, 3.63) is 61.9 Å². The second-order valence-electron chi connectivity index (χ2n) is 6.14. The number of benzene rings is 1. The summed E-state index contributed by atoms with van der Waals surface area (Å²) < 4.78 is 2.11. The average molecular weight is 326 g/mol. The van der Waals surface area contributed by atoms with Crippen molar-refractivity contribution in [1.82, 2.24) is 19.4 Å². The van der Waals surface area contributed by atoms with Gasteiger partial charge in [0.15, 0.2) is 0 Å². The number of aromatic hydroxyl groups is 1. The van der Waals surface area contributed by atoms with E-state index in [1.54, 1.807) is 0 Å². The van der Waals surface area contributed by atoms with Gasteiger partial charge in [0.1, 0.15) is 5.56 Å². The van der Waals surface area contributed by atoms with E-state index in [9.17, 15) is 14.7 Å². The summed E-state index contributed by atoms with van der Waals surface area (Å²) in [5, 5.41) is 14.8. The molecule has 4 rings (SSSR count). The number of aromatic amines is 1. The Balaban J connectivity index is 2.02. The predicted octanol–water partition coefficient (Wildman–Crippen LogP) is 0.506. The largest absolute Gasteiger partial charge is 0.494 e. The Kier molecular flexibility index (Phi) is 3.14. The predicted molar refractivity (Wildman–Crippen MR) is 90.4 cm³/mol. The van der Waals surface area contributed by atoms with Gasteiger partial charge in [-0.15, -0.1) is 0 Å². The number of nitrogens with zero attached hydrogens (tertiary/aromatic N) is 2. The molecule has 0 bridgehead atoms. The Labute approximate surface area is 137 Å². The summed E-state index contributed by atoms with van der Waals surface area (Å²) in [5.41, 5.74) is 2.16. The maximum atomic E-state index is 12.6. The highest BCUT2D eigenvalue weighted by molar-refractivity contribution is 5.85. The van der Waals surface area contributed by atoms with Crippen LogP contribution in [0.5, 0.6) is 5.88 Å². The Morgan fingerprint density at radius 3 is 2.71 bits per heavy atom. The molecule has 0 unspecified atom stereocenters. The van der Waals surface area contributed by atoms with Gasteiger partial charge in [-0.25, -0.2) is 4.79 Å². The third-order valence-electron chi connectivity index (χ3n) is 4.81.